The standard InChI is InChI=1S/C30H41N3O4/c1-3-5-7-8-9-10-11-13-21-35-26-16-14-24(15-17-26)29-32-33-30(37-29)31-23-25-22-27(18-19-28(25)34)36-20-12-6-4-2/h14-19,22-23,34H,3-13,20-21H2,1-2H3/b31-23+. The highest BCUT2D eigenvalue weighted by Gasteiger charge is 2.09. The van der Waals surface area contributed by atoms with Gasteiger partial charge in [0, 0.05) is 17.3 Å². The van der Waals surface area contributed by atoms with Gasteiger partial charge in [-0.1, -0.05) is 76.7 Å². The van der Waals surface area contributed by atoms with E-state index in [9.17, 15) is 5.11 Å². The molecule has 0 aliphatic heterocycles. The van der Waals surface area contributed by atoms with E-state index in [-0.39, 0.29) is 11.8 Å². The maximum atomic E-state index is 10.2. The van der Waals surface area contributed by atoms with Gasteiger partial charge in [0.15, 0.2) is 0 Å². The summed E-state index contributed by atoms with van der Waals surface area (Å²) >= 11 is 0. The molecule has 200 valence electrons. The molecule has 0 radical (unpaired) electrons. The minimum atomic E-state index is 0.104. The number of hydrogen-bond acceptors (Lipinski definition) is 7. The number of ether oxygens (including phenoxy) is 2. The van der Waals surface area contributed by atoms with Gasteiger partial charge in [0.1, 0.15) is 17.2 Å². The summed E-state index contributed by atoms with van der Waals surface area (Å²) in [5.74, 6) is 1.99. The lowest BCUT2D eigenvalue weighted by atomic mass is 10.1. The van der Waals surface area contributed by atoms with E-state index in [1.165, 1.54) is 51.2 Å². The topological polar surface area (TPSA) is 90.0 Å². The first-order chi connectivity index (χ1) is 18.2. The SMILES string of the molecule is CCCCCCCCCCOc1ccc(-c2nnc(/N=C/c3cc(OCCCCC)ccc3O)o2)cc1. The summed E-state index contributed by atoms with van der Waals surface area (Å²) in [7, 11) is 0. The van der Waals surface area contributed by atoms with Gasteiger partial charge < -0.3 is 19.0 Å². The summed E-state index contributed by atoms with van der Waals surface area (Å²) in [6, 6.07) is 12.8. The fourth-order valence-electron chi connectivity index (χ4n) is 3.90. The largest absolute Gasteiger partial charge is 0.507 e. The van der Waals surface area contributed by atoms with Crippen LogP contribution in [0.2, 0.25) is 0 Å². The Balaban J connectivity index is 1.45. The van der Waals surface area contributed by atoms with E-state index in [2.05, 4.69) is 29.0 Å². The molecule has 1 heterocycles. The van der Waals surface area contributed by atoms with Crippen LogP contribution in [-0.4, -0.2) is 34.7 Å². The smallest absolute Gasteiger partial charge is 0.342 e. The van der Waals surface area contributed by atoms with Crippen molar-refractivity contribution in [1.82, 2.24) is 10.2 Å². The molecule has 0 bridgehead atoms. The Bertz CT molecular complexity index is 1060. The predicted octanol–water partition coefficient (Wildman–Crippen LogP) is 8.28. The van der Waals surface area contributed by atoms with Crippen molar-refractivity contribution in [3.8, 4) is 28.7 Å². The third-order valence-corrected chi connectivity index (χ3v) is 6.11. The number of aromatic hydroxyl groups is 1. The van der Waals surface area contributed by atoms with Crippen molar-refractivity contribution >= 4 is 12.2 Å². The van der Waals surface area contributed by atoms with Crippen LogP contribution in [0.5, 0.6) is 17.2 Å². The van der Waals surface area contributed by atoms with Crippen LogP contribution in [0.15, 0.2) is 51.9 Å². The zero-order valence-corrected chi connectivity index (χ0v) is 22.3. The van der Waals surface area contributed by atoms with E-state index in [1.54, 1.807) is 18.2 Å². The Morgan fingerprint density at radius 3 is 2.08 bits per heavy atom. The Morgan fingerprint density at radius 2 is 1.35 bits per heavy atom. The van der Waals surface area contributed by atoms with Crippen molar-refractivity contribution in [3.63, 3.8) is 0 Å². The van der Waals surface area contributed by atoms with Crippen molar-refractivity contribution < 1.29 is 19.0 Å². The third kappa shape index (κ3) is 10.3. The molecule has 0 spiro atoms. The van der Waals surface area contributed by atoms with E-state index in [4.69, 9.17) is 13.9 Å². The van der Waals surface area contributed by atoms with Crippen LogP contribution >= 0.6 is 0 Å². The van der Waals surface area contributed by atoms with E-state index in [1.807, 2.05) is 24.3 Å². The Hall–Kier alpha value is -3.35. The van der Waals surface area contributed by atoms with Gasteiger partial charge in [-0.2, -0.15) is 0 Å². The first-order valence-corrected chi connectivity index (χ1v) is 13.8. The molecule has 0 fully saturated rings. The number of aliphatic imine (C=N–C) groups is 1. The molecule has 1 N–H and O–H groups in total. The van der Waals surface area contributed by atoms with Crippen LogP contribution in [0, 0.1) is 0 Å². The monoisotopic (exact) mass is 507 g/mol. The van der Waals surface area contributed by atoms with Gasteiger partial charge in [-0.05, 0) is 55.3 Å². The number of benzene rings is 2. The minimum Gasteiger partial charge on any atom is -0.507 e. The second-order valence-electron chi connectivity index (χ2n) is 9.27. The fourth-order valence-corrected chi connectivity index (χ4v) is 3.90. The molecule has 7 nitrogen and oxygen atoms in total. The van der Waals surface area contributed by atoms with Gasteiger partial charge >= 0.3 is 6.01 Å². The van der Waals surface area contributed by atoms with Crippen LogP contribution in [0.25, 0.3) is 11.5 Å². The number of hydrogen-bond donors (Lipinski definition) is 1. The van der Waals surface area contributed by atoms with Gasteiger partial charge in [-0.15, -0.1) is 5.10 Å². The third-order valence-electron chi connectivity index (χ3n) is 6.11. The minimum absolute atomic E-state index is 0.104. The predicted molar refractivity (Wildman–Crippen MR) is 148 cm³/mol. The second kappa shape index (κ2) is 16.4. The number of phenols is 1. The molecule has 0 amide bonds. The second-order valence-corrected chi connectivity index (χ2v) is 9.27. The first kappa shape index (κ1) is 28.2. The Kier molecular flexibility index (Phi) is 12.5. The van der Waals surface area contributed by atoms with Crippen molar-refractivity contribution in [2.75, 3.05) is 13.2 Å². The van der Waals surface area contributed by atoms with Gasteiger partial charge in [-0.3, -0.25) is 0 Å². The number of unbranched alkanes of at least 4 members (excludes halogenated alkanes) is 9. The maximum absolute atomic E-state index is 10.2. The van der Waals surface area contributed by atoms with Crippen molar-refractivity contribution in [3.05, 3.63) is 48.0 Å². The molecule has 37 heavy (non-hydrogen) atoms. The maximum Gasteiger partial charge on any atom is 0.342 e. The summed E-state index contributed by atoms with van der Waals surface area (Å²) in [4.78, 5) is 4.23. The summed E-state index contributed by atoms with van der Waals surface area (Å²) in [5, 5.41) is 18.2. The molecule has 2 aromatic carbocycles. The van der Waals surface area contributed by atoms with Crippen LogP contribution in [0.4, 0.5) is 6.01 Å². The van der Waals surface area contributed by atoms with Crippen LogP contribution in [0.3, 0.4) is 0 Å². The summed E-state index contributed by atoms with van der Waals surface area (Å²) in [6.45, 7) is 5.77. The highest BCUT2D eigenvalue weighted by molar-refractivity contribution is 5.85. The molecule has 1 aromatic heterocycles. The molecule has 0 saturated heterocycles. The number of phenolic OH excluding ortho intramolecular Hbond substituents is 1. The van der Waals surface area contributed by atoms with E-state index >= 15 is 0 Å². The zero-order chi connectivity index (χ0) is 26.1. The van der Waals surface area contributed by atoms with Gasteiger partial charge in [-0.25, -0.2) is 4.99 Å². The lowest BCUT2D eigenvalue weighted by molar-refractivity contribution is 0.304. The first-order valence-electron chi connectivity index (χ1n) is 13.8. The normalized spacial score (nSPS) is 11.3. The van der Waals surface area contributed by atoms with Crippen LogP contribution in [-0.2, 0) is 0 Å². The zero-order valence-electron chi connectivity index (χ0n) is 22.3. The van der Waals surface area contributed by atoms with Gasteiger partial charge in [0.25, 0.3) is 0 Å². The highest BCUT2D eigenvalue weighted by atomic mass is 16.5. The molecule has 0 unspecified atom stereocenters. The van der Waals surface area contributed by atoms with E-state index in [0.29, 0.717) is 23.8 Å². The summed E-state index contributed by atoms with van der Waals surface area (Å²) < 4.78 is 17.3. The van der Waals surface area contributed by atoms with Crippen LogP contribution < -0.4 is 9.47 Å². The highest BCUT2D eigenvalue weighted by Crippen LogP contribution is 2.25. The molecule has 0 atom stereocenters. The number of aromatic nitrogens is 2. The Labute approximate surface area is 221 Å². The van der Waals surface area contributed by atoms with E-state index < -0.39 is 0 Å². The average Bonchev–Trinajstić information content (AvgIpc) is 3.40. The van der Waals surface area contributed by atoms with Crippen molar-refractivity contribution in [2.45, 2.75) is 84.5 Å². The summed E-state index contributed by atoms with van der Waals surface area (Å²) in [5.41, 5.74) is 1.31. The van der Waals surface area contributed by atoms with Crippen LogP contribution in [0.1, 0.15) is 90.0 Å². The van der Waals surface area contributed by atoms with Crippen molar-refractivity contribution in [2.24, 2.45) is 4.99 Å². The molecular formula is C30H41N3O4. The lowest BCUT2D eigenvalue weighted by Gasteiger charge is -2.07. The van der Waals surface area contributed by atoms with Gasteiger partial charge in [0.2, 0.25) is 5.89 Å². The number of rotatable bonds is 18. The number of nitrogens with zero attached hydrogens (tertiary/aromatic N) is 3. The molecule has 7 heteroatoms. The molecule has 0 aliphatic carbocycles. The van der Waals surface area contributed by atoms with Gasteiger partial charge in [0.05, 0.1) is 13.2 Å². The quantitative estimate of drug-likeness (QED) is 0.138. The molecule has 3 rings (SSSR count). The summed E-state index contributed by atoms with van der Waals surface area (Å²) in [6.07, 6.45) is 15.0. The van der Waals surface area contributed by atoms with E-state index in [0.717, 1.165) is 43.6 Å². The molecular weight excluding hydrogens is 466 g/mol. The lowest BCUT2D eigenvalue weighted by Crippen LogP contribution is -1.97. The molecule has 0 saturated carbocycles. The molecule has 3 aromatic rings. The average molecular weight is 508 g/mol. The fraction of sp³-hybridized carbons (Fsp3) is 0.500. The van der Waals surface area contributed by atoms with Crippen molar-refractivity contribution in [1.29, 1.82) is 0 Å². The molecule has 0 aliphatic rings. The Morgan fingerprint density at radius 1 is 0.757 bits per heavy atom.